The Morgan fingerprint density at radius 3 is 2.50 bits per heavy atom. The van der Waals surface area contributed by atoms with Crippen LogP contribution in [0.25, 0.3) is 0 Å². The number of hydrogen-bond donors (Lipinski definition) is 1. The van der Waals surface area contributed by atoms with Crippen LogP contribution in [0.3, 0.4) is 0 Å². The molecular weight excluding hydrogens is 437 g/mol. The number of likely N-dealkylation sites (N-methyl/N-ethyl adjacent to an activating group) is 1. The molecule has 1 saturated carbocycles. The highest BCUT2D eigenvalue weighted by atomic mass is 19.1. The molecule has 4 rings (SSSR count). The second-order valence-corrected chi connectivity index (χ2v) is 9.78. The summed E-state index contributed by atoms with van der Waals surface area (Å²) in [5.41, 5.74) is 0.781. The van der Waals surface area contributed by atoms with Crippen molar-refractivity contribution in [2.75, 3.05) is 26.7 Å². The van der Waals surface area contributed by atoms with Crippen molar-refractivity contribution in [2.24, 2.45) is 5.92 Å². The predicted octanol–water partition coefficient (Wildman–Crippen LogP) is 2.94. The molecule has 0 radical (unpaired) electrons. The Hall–Kier alpha value is -2.68. The Labute approximate surface area is 201 Å². The lowest BCUT2D eigenvalue weighted by Crippen LogP contribution is -2.76. The smallest absolute Gasteiger partial charge is 0.334 e. The van der Waals surface area contributed by atoms with Crippen LogP contribution < -0.4 is 5.32 Å². The van der Waals surface area contributed by atoms with Crippen molar-refractivity contribution in [3.63, 3.8) is 0 Å². The van der Waals surface area contributed by atoms with E-state index in [1.165, 1.54) is 31.4 Å². The third-order valence-corrected chi connectivity index (χ3v) is 7.27. The van der Waals surface area contributed by atoms with Crippen molar-refractivity contribution in [2.45, 2.75) is 70.6 Å². The first-order valence-electron chi connectivity index (χ1n) is 12.5. The van der Waals surface area contributed by atoms with E-state index in [1.807, 2.05) is 11.8 Å². The van der Waals surface area contributed by atoms with Crippen molar-refractivity contribution in [3.8, 4) is 0 Å². The van der Waals surface area contributed by atoms with Crippen LogP contribution in [0.15, 0.2) is 24.3 Å². The largest absolute Gasteiger partial charge is 0.337 e. The summed E-state index contributed by atoms with van der Waals surface area (Å²) in [7, 11) is 1.73. The van der Waals surface area contributed by atoms with E-state index in [9.17, 15) is 18.8 Å². The molecule has 9 heteroatoms. The van der Waals surface area contributed by atoms with Gasteiger partial charge in [-0.25, -0.2) is 19.2 Å². The van der Waals surface area contributed by atoms with Gasteiger partial charge < -0.3 is 15.1 Å². The van der Waals surface area contributed by atoms with E-state index in [0.29, 0.717) is 25.4 Å². The Morgan fingerprint density at radius 1 is 1.12 bits per heavy atom. The standard InChI is InChI=1S/C25H36FN5O3/c1-3-7-21-24(33)29(15-19-8-5-4-6-9-19)16-22-30(21)23(32)17-28(2)31(22)25(34)27-14-18-10-12-20(26)13-11-18/h10-13,19,21-22H,3-9,14-17H2,1-2H3,(H,27,34)/t21-,22?/m0/s1. The van der Waals surface area contributed by atoms with Gasteiger partial charge in [0.05, 0.1) is 13.1 Å². The van der Waals surface area contributed by atoms with Crippen LogP contribution in [0.1, 0.15) is 57.4 Å². The summed E-state index contributed by atoms with van der Waals surface area (Å²) in [6.07, 6.45) is 6.69. The van der Waals surface area contributed by atoms with Gasteiger partial charge in [0.15, 0.2) is 0 Å². The quantitative estimate of drug-likeness (QED) is 0.689. The first-order valence-corrected chi connectivity index (χ1v) is 12.5. The zero-order chi connectivity index (χ0) is 24.2. The van der Waals surface area contributed by atoms with Crippen LogP contribution >= 0.6 is 0 Å². The number of rotatable bonds is 6. The molecule has 1 unspecified atom stereocenters. The molecule has 0 aromatic heterocycles. The number of halogens is 1. The molecule has 186 valence electrons. The maximum absolute atomic E-state index is 13.5. The number of piperazine rings is 1. The van der Waals surface area contributed by atoms with Crippen molar-refractivity contribution in [3.05, 3.63) is 35.6 Å². The Morgan fingerprint density at radius 2 is 1.82 bits per heavy atom. The molecule has 0 spiro atoms. The van der Waals surface area contributed by atoms with Gasteiger partial charge >= 0.3 is 6.03 Å². The van der Waals surface area contributed by atoms with E-state index in [-0.39, 0.29) is 36.8 Å². The second kappa shape index (κ2) is 10.7. The summed E-state index contributed by atoms with van der Waals surface area (Å²) < 4.78 is 13.2. The molecule has 2 heterocycles. The molecule has 1 N–H and O–H groups in total. The van der Waals surface area contributed by atoms with E-state index in [4.69, 9.17) is 0 Å². The molecule has 0 bridgehead atoms. The number of nitrogens with zero attached hydrogens (tertiary/aromatic N) is 4. The number of amides is 4. The molecule has 8 nitrogen and oxygen atoms in total. The number of urea groups is 1. The lowest BCUT2D eigenvalue weighted by atomic mass is 9.88. The van der Waals surface area contributed by atoms with Crippen molar-refractivity contribution in [1.82, 2.24) is 25.1 Å². The van der Waals surface area contributed by atoms with Gasteiger partial charge in [-0.2, -0.15) is 0 Å². The molecule has 1 aliphatic carbocycles. The molecular formula is C25H36FN5O3. The monoisotopic (exact) mass is 473 g/mol. The van der Waals surface area contributed by atoms with Crippen LogP contribution in [0.2, 0.25) is 0 Å². The number of fused-ring (bicyclic) bond motifs is 1. The highest BCUT2D eigenvalue weighted by Crippen LogP contribution is 2.31. The molecule has 1 aromatic carbocycles. The Kier molecular flexibility index (Phi) is 7.70. The van der Waals surface area contributed by atoms with E-state index >= 15 is 0 Å². The molecule has 4 amide bonds. The summed E-state index contributed by atoms with van der Waals surface area (Å²) in [5.74, 6) is 0.0311. The fourth-order valence-corrected chi connectivity index (χ4v) is 5.56. The molecule has 3 fully saturated rings. The molecule has 2 saturated heterocycles. The van der Waals surface area contributed by atoms with Gasteiger partial charge in [0.25, 0.3) is 0 Å². The van der Waals surface area contributed by atoms with Gasteiger partial charge in [0.2, 0.25) is 11.8 Å². The summed E-state index contributed by atoms with van der Waals surface area (Å²) in [6, 6.07) is 5.11. The number of nitrogens with one attached hydrogen (secondary N) is 1. The lowest BCUT2D eigenvalue weighted by molar-refractivity contribution is -0.188. The fourth-order valence-electron chi connectivity index (χ4n) is 5.56. The minimum absolute atomic E-state index is 0.00764. The first-order chi connectivity index (χ1) is 16.4. The van der Waals surface area contributed by atoms with E-state index in [0.717, 1.165) is 24.8 Å². The average molecular weight is 474 g/mol. The minimum Gasteiger partial charge on any atom is -0.337 e. The van der Waals surface area contributed by atoms with E-state index in [2.05, 4.69) is 5.32 Å². The molecule has 2 atom stereocenters. The minimum atomic E-state index is -0.544. The first kappa shape index (κ1) is 24.4. The third-order valence-electron chi connectivity index (χ3n) is 7.27. The maximum Gasteiger partial charge on any atom is 0.334 e. The summed E-state index contributed by atoms with van der Waals surface area (Å²) in [4.78, 5) is 43.4. The Bertz CT molecular complexity index is 889. The van der Waals surface area contributed by atoms with Gasteiger partial charge in [0, 0.05) is 20.1 Å². The summed E-state index contributed by atoms with van der Waals surface area (Å²) >= 11 is 0. The molecule has 2 aliphatic heterocycles. The van der Waals surface area contributed by atoms with Crippen LogP contribution in [-0.4, -0.2) is 76.6 Å². The van der Waals surface area contributed by atoms with Crippen molar-refractivity contribution in [1.29, 1.82) is 0 Å². The van der Waals surface area contributed by atoms with Crippen LogP contribution in [0, 0.1) is 11.7 Å². The topological polar surface area (TPSA) is 76.2 Å². The van der Waals surface area contributed by atoms with Crippen LogP contribution in [0.4, 0.5) is 9.18 Å². The number of carbonyl (C=O) groups excluding carboxylic acids is 3. The van der Waals surface area contributed by atoms with Crippen LogP contribution in [-0.2, 0) is 16.1 Å². The van der Waals surface area contributed by atoms with E-state index in [1.54, 1.807) is 34.1 Å². The van der Waals surface area contributed by atoms with E-state index < -0.39 is 12.2 Å². The second-order valence-electron chi connectivity index (χ2n) is 9.78. The van der Waals surface area contributed by atoms with Gasteiger partial charge in [-0.15, -0.1) is 0 Å². The van der Waals surface area contributed by atoms with Gasteiger partial charge in [-0.3, -0.25) is 9.59 Å². The van der Waals surface area contributed by atoms with Gasteiger partial charge in [-0.05, 0) is 42.9 Å². The highest BCUT2D eigenvalue weighted by molar-refractivity contribution is 5.91. The SMILES string of the molecule is CCC[C@H]1C(=O)N(CC2CCCCC2)CC2N1C(=O)CN(C)N2C(=O)NCc1ccc(F)cc1. The van der Waals surface area contributed by atoms with Crippen molar-refractivity contribution < 1.29 is 18.8 Å². The number of hydrazine groups is 1. The number of hydrogen-bond acceptors (Lipinski definition) is 4. The van der Waals surface area contributed by atoms with Gasteiger partial charge in [0.1, 0.15) is 18.0 Å². The molecule has 1 aromatic rings. The van der Waals surface area contributed by atoms with Crippen molar-refractivity contribution >= 4 is 17.8 Å². The third kappa shape index (κ3) is 5.19. The fraction of sp³-hybridized carbons (Fsp3) is 0.640. The lowest BCUT2D eigenvalue weighted by Gasteiger charge is -2.54. The normalized spacial score (nSPS) is 24.4. The Balaban J connectivity index is 1.54. The molecule has 34 heavy (non-hydrogen) atoms. The highest BCUT2D eigenvalue weighted by Gasteiger charge is 2.50. The maximum atomic E-state index is 13.5. The molecule has 3 aliphatic rings. The summed E-state index contributed by atoms with van der Waals surface area (Å²) in [5, 5.41) is 6.12. The summed E-state index contributed by atoms with van der Waals surface area (Å²) in [6.45, 7) is 3.29. The van der Waals surface area contributed by atoms with Gasteiger partial charge in [-0.1, -0.05) is 44.7 Å². The zero-order valence-electron chi connectivity index (χ0n) is 20.2. The average Bonchev–Trinajstić information content (AvgIpc) is 2.82. The number of benzene rings is 1. The van der Waals surface area contributed by atoms with Crippen LogP contribution in [0.5, 0.6) is 0 Å². The predicted molar refractivity (Wildman–Crippen MR) is 126 cm³/mol. The number of carbonyl (C=O) groups is 3. The zero-order valence-corrected chi connectivity index (χ0v) is 20.2.